The number of ether oxygens (including phenoxy) is 1. The fourth-order valence-electron chi connectivity index (χ4n) is 2.04. The number of aromatic nitrogens is 1. The van der Waals surface area contributed by atoms with E-state index in [4.69, 9.17) is 4.74 Å². The summed E-state index contributed by atoms with van der Waals surface area (Å²) in [4.78, 5) is 4.00. The molecule has 0 saturated carbocycles. The Kier molecular flexibility index (Phi) is 5.72. The van der Waals surface area contributed by atoms with Crippen LogP contribution in [0.15, 0.2) is 48.8 Å². The second kappa shape index (κ2) is 7.76. The maximum atomic E-state index is 9.98. The highest BCUT2D eigenvalue weighted by Gasteiger charge is 2.09. The standard InChI is InChI=1S/C17H22N2O2/c1-13-4-3-5-17(10-13)21-12-16(20)11-19-14(2)15-6-8-18-9-7-15/h3-10,14,16,19-20H,11-12H2,1-2H3/t14-,16?/m1/s1. The molecule has 2 N–H and O–H groups in total. The molecule has 4 nitrogen and oxygen atoms in total. The summed E-state index contributed by atoms with van der Waals surface area (Å²) < 4.78 is 5.59. The second-order valence-electron chi connectivity index (χ2n) is 5.19. The van der Waals surface area contributed by atoms with Gasteiger partial charge in [0.05, 0.1) is 0 Å². The maximum absolute atomic E-state index is 9.98. The lowest BCUT2D eigenvalue weighted by atomic mass is 10.1. The Hall–Kier alpha value is -1.91. The number of hydrogen-bond acceptors (Lipinski definition) is 4. The molecular weight excluding hydrogens is 264 g/mol. The van der Waals surface area contributed by atoms with Crippen molar-refractivity contribution in [3.05, 3.63) is 59.9 Å². The zero-order chi connectivity index (χ0) is 15.1. The molecule has 0 aliphatic carbocycles. The number of hydrogen-bond donors (Lipinski definition) is 2. The molecule has 1 heterocycles. The molecule has 2 aromatic rings. The van der Waals surface area contributed by atoms with Crippen LogP contribution in [0, 0.1) is 6.92 Å². The highest BCUT2D eigenvalue weighted by molar-refractivity contribution is 5.27. The summed E-state index contributed by atoms with van der Waals surface area (Å²) in [6.45, 7) is 4.83. The molecule has 1 aromatic carbocycles. The Balaban J connectivity index is 1.73. The molecule has 2 atom stereocenters. The Morgan fingerprint density at radius 3 is 2.71 bits per heavy atom. The molecule has 2 rings (SSSR count). The van der Waals surface area contributed by atoms with Crippen LogP contribution >= 0.6 is 0 Å². The second-order valence-corrected chi connectivity index (χ2v) is 5.19. The zero-order valence-electron chi connectivity index (χ0n) is 12.5. The third-order valence-corrected chi connectivity index (χ3v) is 3.30. The van der Waals surface area contributed by atoms with E-state index in [-0.39, 0.29) is 12.6 Å². The zero-order valence-corrected chi connectivity index (χ0v) is 12.5. The van der Waals surface area contributed by atoms with E-state index in [0.29, 0.717) is 6.54 Å². The van der Waals surface area contributed by atoms with Crippen LogP contribution in [0.2, 0.25) is 0 Å². The quantitative estimate of drug-likeness (QED) is 0.821. The van der Waals surface area contributed by atoms with Gasteiger partial charge in [0.2, 0.25) is 0 Å². The predicted octanol–water partition coefficient (Wildman–Crippen LogP) is 2.48. The van der Waals surface area contributed by atoms with Gasteiger partial charge in [0.15, 0.2) is 0 Å². The van der Waals surface area contributed by atoms with E-state index >= 15 is 0 Å². The van der Waals surface area contributed by atoms with Gasteiger partial charge in [0.1, 0.15) is 18.5 Å². The number of nitrogens with one attached hydrogen (secondary N) is 1. The Bertz CT molecular complexity index is 545. The van der Waals surface area contributed by atoms with Crippen LogP contribution in [-0.2, 0) is 0 Å². The fraction of sp³-hybridized carbons (Fsp3) is 0.353. The predicted molar refractivity (Wildman–Crippen MR) is 83.3 cm³/mol. The average Bonchev–Trinajstić information content (AvgIpc) is 2.51. The summed E-state index contributed by atoms with van der Waals surface area (Å²) in [5, 5.41) is 13.3. The maximum Gasteiger partial charge on any atom is 0.119 e. The third-order valence-electron chi connectivity index (χ3n) is 3.30. The van der Waals surface area contributed by atoms with Crippen LogP contribution in [0.3, 0.4) is 0 Å². The molecule has 0 amide bonds. The van der Waals surface area contributed by atoms with Crippen LogP contribution in [0.25, 0.3) is 0 Å². The topological polar surface area (TPSA) is 54.4 Å². The number of aliphatic hydroxyl groups excluding tert-OH is 1. The molecule has 0 aliphatic rings. The van der Waals surface area contributed by atoms with Crippen LogP contribution in [0.5, 0.6) is 5.75 Å². The van der Waals surface area contributed by atoms with Crippen LogP contribution in [0.4, 0.5) is 0 Å². The molecule has 0 aliphatic heterocycles. The average molecular weight is 286 g/mol. The van der Waals surface area contributed by atoms with Gasteiger partial charge in [0, 0.05) is 25.0 Å². The van der Waals surface area contributed by atoms with Crippen molar-refractivity contribution < 1.29 is 9.84 Å². The molecule has 0 fully saturated rings. The molecule has 1 unspecified atom stereocenters. The first kappa shape index (κ1) is 15.5. The molecule has 4 heteroatoms. The number of aliphatic hydroxyl groups is 1. The van der Waals surface area contributed by atoms with E-state index in [1.165, 1.54) is 0 Å². The van der Waals surface area contributed by atoms with Gasteiger partial charge in [0.25, 0.3) is 0 Å². The molecule has 0 spiro atoms. The molecular formula is C17H22N2O2. The lowest BCUT2D eigenvalue weighted by Gasteiger charge is -2.18. The van der Waals surface area contributed by atoms with Gasteiger partial charge in [-0.25, -0.2) is 0 Å². The van der Waals surface area contributed by atoms with E-state index in [2.05, 4.69) is 17.2 Å². The van der Waals surface area contributed by atoms with Gasteiger partial charge in [-0.05, 0) is 49.2 Å². The minimum Gasteiger partial charge on any atom is -0.491 e. The number of rotatable bonds is 7. The minimum atomic E-state index is -0.546. The molecule has 0 saturated heterocycles. The molecule has 1 aromatic heterocycles. The van der Waals surface area contributed by atoms with Crippen molar-refractivity contribution in [1.29, 1.82) is 0 Å². The van der Waals surface area contributed by atoms with Crippen LogP contribution < -0.4 is 10.1 Å². The van der Waals surface area contributed by atoms with Gasteiger partial charge in [-0.15, -0.1) is 0 Å². The van der Waals surface area contributed by atoms with E-state index in [0.717, 1.165) is 16.9 Å². The lowest BCUT2D eigenvalue weighted by Crippen LogP contribution is -2.33. The Morgan fingerprint density at radius 2 is 2.00 bits per heavy atom. The van der Waals surface area contributed by atoms with Crippen molar-refractivity contribution in [2.45, 2.75) is 26.0 Å². The summed E-state index contributed by atoms with van der Waals surface area (Å²) in [5.74, 6) is 0.788. The largest absolute Gasteiger partial charge is 0.491 e. The molecule has 21 heavy (non-hydrogen) atoms. The number of pyridine rings is 1. The van der Waals surface area contributed by atoms with Crippen molar-refractivity contribution in [3.63, 3.8) is 0 Å². The monoisotopic (exact) mass is 286 g/mol. The summed E-state index contributed by atoms with van der Waals surface area (Å²) in [5.41, 5.74) is 2.29. The van der Waals surface area contributed by atoms with Crippen LogP contribution in [0.1, 0.15) is 24.1 Å². The Morgan fingerprint density at radius 1 is 1.24 bits per heavy atom. The molecule has 112 valence electrons. The lowest BCUT2D eigenvalue weighted by molar-refractivity contribution is 0.104. The van der Waals surface area contributed by atoms with Gasteiger partial charge in [-0.3, -0.25) is 4.98 Å². The van der Waals surface area contributed by atoms with E-state index in [1.807, 2.05) is 43.3 Å². The molecule has 0 radical (unpaired) electrons. The summed E-state index contributed by atoms with van der Waals surface area (Å²) in [6, 6.07) is 11.9. The van der Waals surface area contributed by atoms with Crippen molar-refractivity contribution in [1.82, 2.24) is 10.3 Å². The van der Waals surface area contributed by atoms with Crippen molar-refractivity contribution in [2.24, 2.45) is 0 Å². The summed E-state index contributed by atoms with van der Waals surface area (Å²) in [6.07, 6.45) is 2.99. The van der Waals surface area contributed by atoms with Gasteiger partial charge < -0.3 is 15.2 Å². The van der Waals surface area contributed by atoms with Gasteiger partial charge in [-0.2, -0.15) is 0 Å². The highest BCUT2D eigenvalue weighted by Crippen LogP contribution is 2.13. The number of aryl methyl sites for hydroxylation is 1. The fourth-order valence-corrected chi connectivity index (χ4v) is 2.04. The number of nitrogens with zero attached hydrogens (tertiary/aromatic N) is 1. The summed E-state index contributed by atoms with van der Waals surface area (Å²) in [7, 11) is 0. The van der Waals surface area contributed by atoms with E-state index in [9.17, 15) is 5.11 Å². The van der Waals surface area contributed by atoms with Gasteiger partial charge in [-0.1, -0.05) is 12.1 Å². The van der Waals surface area contributed by atoms with Crippen molar-refractivity contribution >= 4 is 0 Å². The minimum absolute atomic E-state index is 0.168. The normalized spacial score (nSPS) is 13.7. The molecule has 0 bridgehead atoms. The first-order chi connectivity index (χ1) is 10.1. The first-order valence-electron chi connectivity index (χ1n) is 7.16. The third kappa shape index (κ3) is 5.17. The smallest absolute Gasteiger partial charge is 0.119 e. The number of benzene rings is 1. The van der Waals surface area contributed by atoms with Gasteiger partial charge >= 0.3 is 0 Å². The van der Waals surface area contributed by atoms with E-state index < -0.39 is 6.10 Å². The van der Waals surface area contributed by atoms with E-state index in [1.54, 1.807) is 12.4 Å². The van der Waals surface area contributed by atoms with Crippen molar-refractivity contribution in [2.75, 3.05) is 13.2 Å². The van der Waals surface area contributed by atoms with Crippen molar-refractivity contribution in [3.8, 4) is 5.75 Å². The highest BCUT2D eigenvalue weighted by atomic mass is 16.5. The first-order valence-corrected chi connectivity index (χ1v) is 7.16. The van der Waals surface area contributed by atoms with Crippen LogP contribution in [-0.4, -0.2) is 29.3 Å². The SMILES string of the molecule is Cc1cccc(OCC(O)CN[C@H](C)c2ccncc2)c1. The summed E-state index contributed by atoms with van der Waals surface area (Å²) >= 11 is 0. The Labute approximate surface area is 125 Å².